The van der Waals surface area contributed by atoms with E-state index in [1.54, 1.807) is 0 Å². The minimum atomic E-state index is -0.858. The highest BCUT2D eigenvalue weighted by Crippen LogP contribution is 2.54. The van der Waals surface area contributed by atoms with E-state index >= 15 is 0 Å². The molecule has 25 heavy (non-hydrogen) atoms. The minimum Gasteiger partial charge on any atom is -0.481 e. The first-order chi connectivity index (χ1) is 12.1. The molecular formula is C21H23NO3. The number of nitrogens with one attached hydrogen (secondary N) is 1. The van der Waals surface area contributed by atoms with Crippen LogP contribution in [-0.2, 0) is 16.0 Å². The standard InChI is InChI=1S/C21H23NO3/c23-20(19-11-18(19)15-7-8-15)22-12-17(21(24)25)10-13-5-6-14-3-1-2-4-16(14)9-13/h1-6,9,15,17-19H,7-8,10-12H2,(H,22,23)(H,24,25). The molecule has 1 amide bonds. The van der Waals surface area contributed by atoms with Crippen LogP contribution in [0.5, 0.6) is 0 Å². The topological polar surface area (TPSA) is 66.4 Å². The summed E-state index contributed by atoms with van der Waals surface area (Å²) in [6, 6.07) is 14.1. The van der Waals surface area contributed by atoms with Gasteiger partial charge in [0.1, 0.15) is 0 Å². The van der Waals surface area contributed by atoms with E-state index in [1.165, 1.54) is 12.8 Å². The molecule has 2 aliphatic rings. The Kier molecular flexibility index (Phi) is 4.20. The highest BCUT2D eigenvalue weighted by molar-refractivity contribution is 5.84. The third-order valence-electron chi connectivity index (χ3n) is 5.57. The number of hydrogen-bond acceptors (Lipinski definition) is 2. The summed E-state index contributed by atoms with van der Waals surface area (Å²) in [6.45, 7) is 0.203. The third-order valence-corrected chi connectivity index (χ3v) is 5.57. The third kappa shape index (κ3) is 3.68. The summed E-state index contributed by atoms with van der Waals surface area (Å²) >= 11 is 0. The van der Waals surface area contributed by atoms with Crippen LogP contribution in [0.3, 0.4) is 0 Å². The fourth-order valence-corrected chi connectivity index (χ4v) is 3.81. The smallest absolute Gasteiger partial charge is 0.308 e. The second-order valence-electron chi connectivity index (χ2n) is 7.51. The Bertz CT molecular complexity index is 812. The van der Waals surface area contributed by atoms with Crippen molar-refractivity contribution in [2.75, 3.05) is 6.54 Å². The van der Waals surface area contributed by atoms with E-state index in [1.807, 2.05) is 42.5 Å². The van der Waals surface area contributed by atoms with Gasteiger partial charge in [-0.3, -0.25) is 9.59 Å². The van der Waals surface area contributed by atoms with Crippen molar-refractivity contribution in [2.24, 2.45) is 23.7 Å². The maximum atomic E-state index is 12.2. The molecule has 0 aliphatic heterocycles. The zero-order valence-corrected chi connectivity index (χ0v) is 14.2. The van der Waals surface area contributed by atoms with Crippen molar-refractivity contribution in [3.63, 3.8) is 0 Å². The Labute approximate surface area is 147 Å². The number of aliphatic carboxylic acids is 1. The highest BCUT2D eigenvalue weighted by Gasteiger charge is 2.51. The molecular weight excluding hydrogens is 314 g/mol. The van der Waals surface area contributed by atoms with Crippen molar-refractivity contribution >= 4 is 22.6 Å². The lowest BCUT2D eigenvalue weighted by Crippen LogP contribution is -2.35. The van der Waals surface area contributed by atoms with E-state index in [0.717, 1.165) is 28.7 Å². The summed E-state index contributed by atoms with van der Waals surface area (Å²) in [4.78, 5) is 23.8. The summed E-state index contributed by atoms with van der Waals surface area (Å²) in [5.74, 6) is 0.0305. The van der Waals surface area contributed by atoms with Gasteiger partial charge in [-0.2, -0.15) is 0 Å². The van der Waals surface area contributed by atoms with Gasteiger partial charge in [0.15, 0.2) is 0 Å². The molecule has 0 bridgehead atoms. The number of fused-ring (bicyclic) bond motifs is 1. The molecule has 2 aromatic rings. The molecule has 2 fully saturated rings. The van der Waals surface area contributed by atoms with Gasteiger partial charge in [0.2, 0.25) is 5.91 Å². The number of hydrogen-bond donors (Lipinski definition) is 2. The van der Waals surface area contributed by atoms with Crippen molar-refractivity contribution in [3.8, 4) is 0 Å². The van der Waals surface area contributed by atoms with Gasteiger partial charge in [-0.05, 0) is 53.9 Å². The molecule has 2 saturated carbocycles. The van der Waals surface area contributed by atoms with Crippen molar-refractivity contribution in [2.45, 2.75) is 25.7 Å². The molecule has 0 radical (unpaired) electrons. The van der Waals surface area contributed by atoms with Crippen molar-refractivity contribution in [1.29, 1.82) is 0 Å². The van der Waals surface area contributed by atoms with E-state index in [-0.39, 0.29) is 18.4 Å². The lowest BCUT2D eigenvalue weighted by atomic mass is 9.97. The van der Waals surface area contributed by atoms with Gasteiger partial charge in [0.05, 0.1) is 5.92 Å². The van der Waals surface area contributed by atoms with Crippen LogP contribution < -0.4 is 5.32 Å². The van der Waals surface area contributed by atoms with E-state index in [4.69, 9.17) is 0 Å². The number of rotatable bonds is 7. The molecule has 2 aliphatic carbocycles. The Hall–Kier alpha value is -2.36. The Morgan fingerprint density at radius 2 is 1.88 bits per heavy atom. The maximum absolute atomic E-state index is 12.2. The zero-order chi connectivity index (χ0) is 17.4. The molecule has 3 unspecified atom stereocenters. The fraction of sp³-hybridized carbons (Fsp3) is 0.429. The van der Waals surface area contributed by atoms with Crippen molar-refractivity contribution in [3.05, 3.63) is 48.0 Å². The molecule has 130 valence electrons. The lowest BCUT2D eigenvalue weighted by Gasteiger charge is -2.14. The number of benzene rings is 2. The summed E-state index contributed by atoms with van der Waals surface area (Å²) in [5, 5.41) is 14.6. The monoisotopic (exact) mass is 337 g/mol. The summed E-state index contributed by atoms with van der Waals surface area (Å²) < 4.78 is 0. The first kappa shape index (κ1) is 16.1. The normalized spacial score (nSPS) is 23.2. The first-order valence-electron chi connectivity index (χ1n) is 9.10. The van der Waals surface area contributed by atoms with E-state index < -0.39 is 11.9 Å². The van der Waals surface area contributed by atoms with Crippen LogP contribution in [0.4, 0.5) is 0 Å². The van der Waals surface area contributed by atoms with Gasteiger partial charge in [0.25, 0.3) is 0 Å². The zero-order valence-electron chi connectivity index (χ0n) is 14.2. The van der Waals surface area contributed by atoms with Crippen LogP contribution in [0.2, 0.25) is 0 Å². The fourth-order valence-electron chi connectivity index (χ4n) is 3.81. The predicted molar refractivity (Wildman–Crippen MR) is 96.1 cm³/mol. The van der Waals surface area contributed by atoms with Gasteiger partial charge in [-0.25, -0.2) is 0 Å². The second kappa shape index (κ2) is 6.51. The van der Waals surface area contributed by atoms with E-state index in [0.29, 0.717) is 12.3 Å². The van der Waals surface area contributed by atoms with Crippen LogP contribution in [0.1, 0.15) is 24.8 Å². The lowest BCUT2D eigenvalue weighted by molar-refractivity contribution is -0.141. The molecule has 0 aromatic heterocycles. The van der Waals surface area contributed by atoms with Crippen molar-refractivity contribution in [1.82, 2.24) is 5.32 Å². The average Bonchev–Trinajstić information content (AvgIpc) is 3.48. The summed E-state index contributed by atoms with van der Waals surface area (Å²) in [7, 11) is 0. The van der Waals surface area contributed by atoms with Crippen LogP contribution in [0, 0.1) is 23.7 Å². The quantitative estimate of drug-likeness (QED) is 0.815. The average molecular weight is 337 g/mol. The Morgan fingerprint density at radius 3 is 2.60 bits per heavy atom. The van der Waals surface area contributed by atoms with Gasteiger partial charge < -0.3 is 10.4 Å². The second-order valence-corrected chi connectivity index (χ2v) is 7.51. The van der Waals surface area contributed by atoms with Crippen molar-refractivity contribution < 1.29 is 14.7 Å². The molecule has 4 rings (SSSR count). The molecule has 2 N–H and O–H groups in total. The summed E-state index contributed by atoms with van der Waals surface area (Å²) in [6.07, 6.45) is 3.93. The van der Waals surface area contributed by atoms with Gasteiger partial charge in [-0.1, -0.05) is 42.5 Å². The predicted octanol–water partition coefficient (Wildman–Crippen LogP) is 3.25. The Balaban J connectivity index is 1.37. The molecule has 0 saturated heterocycles. The van der Waals surface area contributed by atoms with Crippen LogP contribution in [0.25, 0.3) is 10.8 Å². The molecule has 3 atom stereocenters. The van der Waals surface area contributed by atoms with Gasteiger partial charge in [0, 0.05) is 12.5 Å². The van der Waals surface area contributed by atoms with E-state index in [9.17, 15) is 14.7 Å². The highest BCUT2D eigenvalue weighted by atomic mass is 16.4. The van der Waals surface area contributed by atoms with Crippen LogP contribution in [-0.4, -0.2) is 23.5 Å². The number of carbonyl (C=O) groups is 2. The maximum Gasteiger partial charge on any atom is 0.308 e. The molecule has 4 nitrogen and oxygen atoms in total. The van der Waals surface area contributed by atoms with Crippen LogP contribution in [0.15, 0.2) is 42.5 Å². The number of carboxylic acid groups (broad SMARTS) is 1. The van der Waals surface area contributed by atoms with Gasteiger partial charge in [-0.15, -0.1) is 0 Å². The minimum absolute atomic E-state index is 0.0432. The Morgan fingerprint density at radius 1 is 1.12 bits per heavy atom. The number of amides is 1. The largest absolute Gasteiger partial charge is 0.481 e. The van der Waals surface area contributed by atoms with Gasteiger partial charge >= 0.3 is 5.97 Å². The molecule has 0 spiro atoms. The van der Waals surface area contributed by atoms with Crippen LogP contribution >= 0.6 is 0 Å². The first-order valence-corrected chi connectivity index (χ1v) is 9.10. The number of carboxylic acids is 1. The van der Waals surface area contributed by atoms with E-state index in [2.05, 4.69) is 5.32 Å². The summed E-state index contributed by atoms with van der Waals surface area (Å²) in [5.41, 5.74) is 0.989. The SMILES string of the molecule is O=C(O)C(CNC(=O)C1CC1C1CC1)Cc1ccc2ccccc2c1. The molecule has 4 heteroatoms. The molecule has 2 aromatic carbocycles. The number of carbonyl (C=O) groups excluding carboxylic acids is 1. The molecule has 0 heterocycles.